The number of hydrogen-bond donors (Lipinski definition) is 2. The highest BCUT2D eigenvalue weighted by Crippen LogP contribution is 1.87. The molecule has 0 amide bonds. The van der Waals surface area contributed by atoms with E-state index in [1.807, 2.05) is 6.92 Å². The van der Waals surface area contributed by atoms with E-state index in [0.717, 1.165) is 6.42 Å². The second-order valence-electron chi connectivity index (χ2n) is 2.49. The average Bonchev–Trinajstić information content (AvgIpc) is 2.27. The average molecular weight is 218 g/mol. The molecule has 0 aromatic rings. The SMILES string of the molecule is CCC=NC(=NCOCCO)OCCO. The van der Waals surface area contributed by atoms with Crippen molar-refractivity contribution in [2.75, 3.05) is 33.2 Å². The van der Waals surface area contributed by atoms with Gasteiger partial charge in [-0.25, -0.2) is 9.98 Å². The molecule has 0 aliphatic rings. The number of aliphatic imine (C=N–C) groups is 2. The monoisotopic (exact) mass is 218 g/mol. The van der Waals surface area contributed by atoms with E-state index in [1.165, 1.54) is 0 Å². The van der Waals surface area contributed by atoms with Gasteiger partial charge in [0.2, 0.25) is 0 Å². The van der Waals surface area contributed by atoms with E-state index < -0.39 is 0 Å². The summed E-state index contributed by atoms with van der Waals surface area (Å²) in [5, 5.41) is 17.0. The summed E-state index contributed by atoms with van der Waals surface area (Å²) in [4.78, 5) is 7.81. The van der Waals surface area contributed by atoms with Crippen molar-refractivity contribution in [2.24, 2.45) is 9.98 Å². The molecule has 0 unspecified atom stereocenters. The molecule has 0 fully saturated rings. The molecule has 0 saturated carbocycles. The molecule has 0 rings (SSSR count). The Bertz CT molecular complexity index is 195. The zero-order valence-corrected chi connectivity index (χ0v) is 8.93. The van der Waals surface area contributed by atoms with Crippen LogP contribution in [0.5, 0.6) is 0 Å². The fourth-order valence-electron chi connectivity index (χ4n) is 0.660. The number of aliphatic hydroxyl groups is 2. The molecule has 0 bridgehead atoms. The molecule has 0 aromatic carbocycles. The normalized spacial score (nSPS) is 12.3. The second kappa shape index (κ2) is 11.1. The van der Waals surface area contributed by atoms with E-state index in [1.54, 1.807) is 6.21 Å². The number of rotatable bonds is 7. The minimum atomic E-state index is -0.0852. The maximum absolute atomic E-state index is 8.55. The first kappa shape index (κ1) is 14.0. The van der Waals surface area contributed by atoms with Gasteiger partial charge in [-0.2, -0.15) is 0 Å². The molecule has 0 radical (unpaired) electrons. The quantitative estimate of drug-likeness (QED) is 0.352. The zero-order valence-electron chi connectivity index (χ0n) is 8.93. The lowest BCUT2D eigenvalue weighted by Gasteiger charge is -2.03. The highest BCUT2D eigenvalue weighted by molar-refractivity contribution is 5.83. The molecule has 0 saturated heterocycles. The molecule has 0 aliphatic carbocycles. The molecule has 0 spiro atoms. The van der Waals surface area contributed by atoms with Crippen LogP contribution in [-0.2, 0) is 9.47 Å². The maximum atomic E-state index is 8.55. The van der Waals surface area contributed by atoms with Gasteiger partial charge in [-0.05, 0) is 6.42 Å². The van der Waals surface area contributed by atoms with Crippen LogP contribution in [0.4, 0.5) is 0 Å². The van der Waals surface area contributed by atoms with Crippen LogP contribution in [0.1, 0.15) is 13.3 Å². The van der Waals surface area contributed by atoms with Gasteiger partial charge in [0.05, 0.1) is 19.8 Å². The Morgan fingerprint density at radius 2 is 2.00 bits per heavy atom. The highest BCUT2D eigenvalue weighted by atomic mass is 16.5. The van der Waals surface area contributed by atoms with Crippen LogP contribution in [0, 0.1) is 0 Å². The Labute approximate surface area is 89.3 Å². The maximum Gasteiger partial charge on any atom is 0.313 e. The predicted molar refractivity (Wildman–Crippen MR) is 57.2 cm³/mol. The molecule has 15 heavy (non-hydrogen) atoms. The van der Waals surface area contributed by atoms with Crippen LogP contribution in [0.25, 0.3) is 0 Å². The minimum Gasteiger partial charge on any atom is -0.461 e. The van der Waals surface area contributed by atoms with Gasteiger partial charge >= 0.3 is 6.02 Å². The standard InChI is InChI=1S/C9H18N2O4/c1-2-3-10-9(15-7-5-13)11-8-14-6-4-12/h3,12-13H,2,4-8H2,1H3. The van der Waals surface area contributed by atoms with Crippen molar-refractivity contribution in [3.63, 3.8) is 0 Å². The minimum absolute atomic E-state index is 0.0411. The van der Waals surface area contributed by atoms with Crippen molar-refractivity contribution in [3.8, 4) is 0 Å². The first-order chi connectivity index (χ1) is 7.35. The summed E-state index contributed by atoms with van der Waals surface area (Å²) in [6.07, 6.45) is 2.43. The summed E-state index contributed by atoms with van der Waals surface area (Å²) >= 11 is 0. The van der Waals surface area contributed by atoms with E-state index in [4.69, 9.17) is 19.7 Å². The Hall–Kier alpha value is -0.980. The third-order valence-electron chi connectivity index (χ3n) is 1.23. The van der Waals surface area contributed by atoms with Crippen LogP contribution < -0.4 is 0 Å². The third-order valence-corrected chi connectivity index (χ3v) is 1.23. The Balaban J connectivity index is 3.91. The lowest BCUT2D eigenvalue weighted by Crippen LogP contribution is -2.09. The Morgan fingerprint density at radius 3 is 2.60 bits per heavy atom. The summed E-state index contributed by atoms with van der Waals surface area (Å²) in [6, 6.07) is 0.184. The van der Waals surface area contributed by atoms with Crippen molar-refractivity contribution >= 4 is 12.2 Å². The number of ether oxygens (including phenoxy) is 2. The summed E-state index contributed by atoms with van der Waals surface area (Å²) < 4.78 is 9.95. The van der Waals surface area contributed by atoms with Crippen LogP contribution in [0.3, 0.4) is 0 Å². The fraction of sp³-hybridized carbons (Fsp3) is 0.778. The number of aliphatic hydroxyl groups excluding tert-OH is 2. The van der Waals surface area contributed by atoms with Gasteiger partial charge in [-0.15, -0.1) is 0 Å². The van der Waals surface area contributed by atoms with E-state index in [-0.39, 0.29) is 39.2 Å². The molecular formula is C9H18N2O4. The topological polar surface area (TPSA) is 83.6 Å². The molecule has 2 N–H and O–H groups in total. The van der Waals surface area contributed by atoms with Gasteiger partial charge < -0.3 is 19.7 Å². The van der Waals surface area contributed by atoms with Gasteiger partial charge in [0.15, 0.2) is 0 Å². The van der Waals surface area contributed by atoms with Crippen molar-refractivity contribution in [3.05, 3.63) is 0 Å². The summed E-state index contributed by atoms with van der Waals surface area (Å²) in [6.45, 7) is 2.28. The summed E-state index contributed by atoms with van der Waals surface area (Å²) in [5.74, 6) is 0. The van der Waals surface area contributed by atoms with Crippen molar-refractivity contribution in [1.29, 1.82) is 0 Å². The van der Waals surface area contributed by atoms with E-state index in [2.05, 4.69) is 9.98 Å². The van der Waals surface area contributed by atoms with Gasteiger partial charge in [0, 0.05) is 6.21 Å². The van der Waals surface area contributed by atoms with E-state index >= 15 is 0 Å². The predicted octanol–water partition coefficient (Wildman–Crippen LogP) is -0.202. The van der Waals surface area contributed by atoms with Gasteiger partial charge in [0.25, 0.3) is 0 Å². The molecule has 0 aromatic heterocycles. The van der Waals surface area contributed by atoms with E-state index in [9.17, 15) is 0 Å². The first-order valence-corrected chi connectivity index (χ1v) is 4.84. The van der Waals surface area contributed by atoms with Gasteiger partial charge in [-0.1, -0.05) is 6.92 Å². The molecule has 88 valence electrons. The largest absolute Gasteiger partial charge is 0.461 e. The zero-order chi connectivity index (χ0) is 11.4. The Kier molecular flexibility index (Phi) is 10.4. The molecule has 6 heteroatoms. The van der Waals surface area contributed by atoms with Crippen LogP contribution >= 0.6 is 0 Å². The third kappa shape index (κ3) is 9.33. The van der Waals surface area contributed by atoms with Crippen molar-refractivity contribution < 1.29 is 19.7 Å². The summed E-state index contributed by atoms with van der Waals surface area (Å²) in [7, 11) is 0. The molecular weight excluding hydrogens is 200 g/mol. The molecule has 0 atom stereocenters. The van der Waals surface area contributed by atoms with Crippen LogP contribution in [-0.4, -0.2) is 55.6 Å². The fourth-order valence-corrected chi connectivity index (χ4v) is 0.660. The van der Waals surface area contributed by atoms with Crippen LogP contribution in [0.15, 0.2) is 9.98 Å². The first-order valence-electron chi connectivity index (χ1n) is 4.84. The van der Waals surface area contributed by atoms with Crippen molar-refractivity contribution in [1.82, 2.24) is 0 Å². The smallest absolute Gasteiger partial charge is 0.313 e. The molecule has 0 aliphatic heterocycles. The van der Waals surface area contributed by atoms with E-state index in [0.29, 0.717) is 0 Å². The number of amidine groups is 1. The van der Waals surface area contributed by atoms with Gasteiger partial charge in [-0.3, -0.25) is 0 Å². The van der Waals surface area contributed by atoms with Crippen LogP contribution in [0.2, 0.25) is 0 Å². The molecule has 0 heterocycles. The summed E-state index contributed by atoms with van der Waals surface area (Å²) in [5.41, 5.74) is 0. The highest BCUT2D eigenvalue weighted by Gasteiger charge is 1.95. The van der Waals surface area contributed by atoms with Crippen molar-refractivity contribution in [2.45, 2.75) is 13.3 Å². The lowest BCUT2D eigenvalue weighted by atomic mass is 10.5. The van der Waals surface area contributed by atoms with Gasteiger partial charge in [0.1, 0.15) is 13.3 Å². The number of hydrogen-bond acceptors (Lipinski definition) is 5. The lowest BCUT2D eigenvalue weighted by molar-refractivity contribution is 0.0958. The number of nitrogens with zero attached hydrogens (tertiary/aromatic N) is 2. The second-order valence-corrected chi connectivity index (χ2v) is 2.49. The Morgan fingerprint density at radius 1 is 1.27 bits per heavy atom. The molecule has 6 nitrogen and oxygen atoms in total.